The molecule has 22 heavy (non-hydrogen) atoms. The topological polar surface area (TPSA) is 151 Å². The molecule has 9 heteroatoms. The molecule has 0 radical (unpaired) electrons. The van der Waals surface area contributed by atoms with Crippen molar-refractivity contribution >= 4 is 11.8 Å². The molecule has 1 rings (SSSR count). The molecule has 9 nitrogen and oxygen atoms in total. The van der Waals surface area contributed by atoms with Crippen molar-refractivity contribution in [3.8, 4) is 0 Å². The maximum Gasteiger partial charge on any atom is 0.220 e. The number of aliphatic hydroxyl groups excluding tert-OH is 3. The SMILES string of the molecule is CC1OC(OCCNC(=O)CCCC(N)=O)C(O)C(O)C1O. The lowest BCUT2D eigenvalue weighted by molar-refractivity contribution is -0.292. The molecule has 1 heterocycles. The predicted octanol–water partition coefficient (Wildman–Crippen LogP) is -2.40. The van der Waals surface area contributed by atoms with Gasteiger partial charge in [-0.2, -0.15) is 0 Å². The zero-order valence-corrected chi connectivity index (χ0v) is 12.5. The molecule has 5 atom stereocenters. The van der Waals surface area contributed by atoms with E-state index in [4.69, 9.17) is 15.2 Å². The van der Waals surface area contributed by atoms with E-state index in [1.54, 1.807) is 6.92 Å². The highest BCUT2D eigenvalue weighted by molar-refractivity contribution is 5.77. The Kier molecular flexibility index (Phi) is 7.69. The van der Waals surface area contributed by atoms with Crippen molar-refractivity contribution in [2.75, 3.05) is 13.2 Å². The molecule has 0 aliphatic carbocycles. The average Bonchev–Trinajstić information content (AvgIpc) is 2.46. The Bertz CT molecular complexity index is 379. The van der Waals surface area contributed by atoms with Gasteiger partial charge in [0.1, 0.15) is 18.3 Å². The van der Waals surface area contributed by atoms with E-state index in [0.717, 1.165) is 0 Å². The summed E-state index contributed by atoms with van der Waals surface area (Å²) < 4.78 is 10.5. The minimum absolute atomic E-state index is 0.0683. The number of carbonyl (C=O) groups is 2. The number of amides is 2. The first-order valence-corrected chi connectivity index (χ1v) is 7.19. The molecule has 5 unspecified atom stereocenters. The lowest BCUT2D eigenvalue weighted by Crippen LogP contribution is -2.57. The standard InChI is InChI=1S/C13H24N2O7/c1-7-10(18)11(19)12(20)13(22-7)21-6-5-15-9(17)4-2-3-8(14)16/h7,10-13,18-20H,2-6H2,1H3,(H2,14,16)(H,15,17). The quantitative estimate of drug-likeness (QED) is 0.313. The summed E-state index contributed by atoms with van der Waals surface area (Å²) in [5.41, 5.74) is 4.96. The molecule has 1 aliphatic heterocycles. The number of primary amides is 1. The van der Waals surface area contributed by atoms with Gasteiger partial charge in [-0.05, 0) is 13.3 Å². The van der Waals surface area contributed by atoms with Gasteiger partial charge in [0.25, 0.3) is 0 Å². The number of aliphatic hydroxyl groups is 3. The van der Waals surface area contributed by atoms with Crippen LogP contribution in [0.25, 0.3) is 0 Å². The highest BCUT2D eigenvalue weighted by Crippen LogP contribution is 2.21. The Balaban J connectivity index is 2.18. The van der Waals surface area contributed by atoms with Crippen LogP contribution in [0.5, 0.6) is 0 Å². The van der Waals surface area contributed by atoms with Crippen molar-refractivity contribution < 1.29 is 34.4 Å². The Hall–Kier alpha value is -1.26. The van der Waals surface area contributed by atoms with Crippen LogP contribution in [0.2, 0.25) is 0 Å². The zero-order chi connectivity index (χ0) is 16.7. The molecule has 0 saturated carbocycles. The highest BCUT2D eigenvalue weighted by Gasteiger charge is 2.42. The van der Waals surface area contributed by atoms with Crippen molar-refractivity contribution in [2.24, 2.45) is 5.73 Å². The average molecular weight is 320 g/mol. The molecule has 6 N–H and O–H groups in total. The van der Waals surface area contributed by atoms with Crippen LogP contribution in [-0.4, -0.2) is 71.0 Å². The number of carbonyl (C=O) groups excluding carboxylic acids is 2. The van der Waals surface area contributed by atoms with Crippen molar-refractivity contribution in [2.45, 2.75) is 56.9 Å². The summed E-state index contributed by atoms with van der Waals surface area (Å²) in [6.07, 6.45) is -4.91. The lowest BCUT2D eigenvalue weighted by atomic mass is 10.0. The van der Waals surface area contributed by atoms with Gasteiger partial charge in [-0.3, -0.25) is 9.59 Å². The summed E-state index contributed by atoms with van der Waals surface area (Å²) in [6.45, 7) is 1.81. The minimum atomic E-state index is -1.36. The third-order valence-electron chi connectivity index (χ3n) is 3.34. The van der Waals surface area contributed by atoms with E-state index in [0.29, 0.717) is 6.42 Å². The Morgan fingerprint density at radius 1 is 1.18 bits per heavy atom. The Morgan fingerprint density at radius 3 is 2.50 bits per heavy atom. The summed E-state index contributed by atoms with van der Waals surface area (Å²) in [4.78, 5) is 21.9. The largest absolute Gasteiger partial charge is 0.388 e. The molecular formula is C13H24N2O7. The molecule has 128 valence electrons. The number of rotatable bonds is 8. The monoisotopic (exact) mass is 320 g/mol. The third kappa shape index (κ3) is 5.85. The summed E-state index contributed by atoms with van der Waals surface area (Å²) in [5.74, 6) is -0.687. The Morgan fingerprint density at radius 2 is 1.86 bits per heavy atom. The maximum absolute atomic E-state index is 11.4. The van der Waals surface area contributed by atoms with E-state index in [1.165, 1.54) is 0 Å². The normalized spacial score (nSPS) is 31.7. The van der Waals surface area contributed by atoms with Gasteiger partial charge in [-0.1, -0.05) is 0 Å². The fraction of sp³-hybridized carbons (Fsp3) is 0.846. The number of nitrogens with one attached hydrogen (secondary N) is 1. The van der Waals surface area contributed by atoms with Crippen LogP contribution in [0.4, 0.5) is 0 Å². The molecule has 0 aromatic rings. The molecule has 1 fully saturated rings. The van der Waals surface area contributed by atoms with E-state index in [-0.39, 0.29) is 31.9 Å². The summed E-state index contributed by atoms with van der Waals surface area (Å²) in [6, 6.07) is 0. The predicted molar refractivity (Wildman–Crippen MR) is 74.4 cm³/mol. The summed E-state index contributed by atoms with van der Waals surface area (Å²) in [5, 5.41) is 31.4. The van der Waals surface area contributed by atoms with Gasteiger partial charge in [0.15, 0.2) is 6.29 Å². The van der Waals surface area contributed by atoms with Crippen LogP contribution in [-0.2, 0) is 19.1 Å². The third-order valence-corrected chi connectivity index (χ3v) is 3.34. The fourth-order valence-corrected chi connectivity index (χ4v) is 2.03. The fourth-order valence-electron chi connectivity index (χ4n) is 2.03. The molecular weight excluding hydrogens is 296 g/mol. The van der Waals surface area contributed by atoms with Gasteiger partial charge in [-0.25, -0.2) is 0 Å². The van der Waals surface area contributed by atoms with E-state index in [9.17, 15) is 24.9 Å². The molecule has 2 amide bonds. The lowest BCUT2D eigenvalue weighted by Gasteiger charge is -2.38. The second-order valence-electron chi connectivity index (χ2n) is 5.22. The van der Waals surface area contributed by atoms with Crippen LogP contribution in [0, 0.1) is 0 Å². The van der Waals surface area contributed by atoms with Crippen molar-refractivity contribution in [1.29, 1.82) is 0 Å². The summed E-state index contributed by atoms with van der Waals surface area (Å²) >= 11 is 0. The zero-order valence-electron chi connectivity index (χ0n) is 12.5. The molecule has 0 spiro atoms. The number of hydrogen-bond donors (Lipinski definition) is 5. The smallest absolute Gasteiger partial charge is 0.220 e. The van der Waals surface area contributed by atoms with E-state index >= 15 is 0 Å². The van der Waals surface area contributed by atoms with Gasteiger partial charge in [0.2, 0.25) is 11.8 Å². The van der Waals surface area contributed by atoms with Crippen LogP contribution in [0.1, 0.15) is 26.2 Å². The van der Waals surface area contributed by atoms with Crippen molar-refractivity contribution in [3.05, 3.63) is 0 Å². The van der Waals surface area contributed by atoms with E-state index < -0.39 is 36.6 Å². The minimum Gasteiger partial charge on any atom is -0.388 e. The second-order valence-corrected chi connectivity index (χ2v) is 5.22. The molecule has 1 aliphatic rings. The van der Waals surface area contributed by atoms with Gasteiger partial charge in [0.05, 0.1) is 12.7 Å². The van der Waals surface area contributed by atoms with Crippen LogP contribution in [0.3, 0.4) is 0 Å². The molecule has 0 bridgehead atoms. The highest BCUT2D eigenvalue weighted by atomic mass is 16.7. The number of nitrogens with two attached hydrogens (primary N) is 1. The van der Waals surface area contributed by atoms with E-state index in [1.807, 2.05) is 0 Å². The Labute approximate surface area is 128 Å². The summed E-state index contributed by atoms with van der Waals surface area (Å²) in [7, 11) is 0. The number of hydrogen-bond acceptors (Lipinski definition) is 7. The first kappa shape index (κ1) is 18.8. The first-order valence-electron chi connectivity index (χ1n) is 7.19. The van der Waals surface area contributed by atoms with Gasteiger partial charge < -0.3 is 35.8 Å². The maximum atomic E-state index is 11.4. The van der Waals surface area contributed by atoms with E-state index in [2.05, 4.69) is 5.32 Å². The van der Waals surface area contributed by atoms with Gasteiger partial charge in [0, 0.05) is 19.4 Å². The number of ether oxygens (including phenoxy) is 2. The molecule has 1 saturated heterocycles. The van der Waals surface area contributed by atoms with Gasteiger partial charge in [-0.15, -0.1) is 0 Å². The van der Waals surface area contributed by atoms with Crippen LogP contribution >= 0.6 is 0 Å². The van der Waals surface area contributed by atoms with Crippen LogP contribution in [0.15, 0.2) is 0 Å². The van der Waals surface area contributed by atoms with Gasteiger partial charge >= 0.3 is 0 Å². The van der Waals surface area contributed by atoms with Crippen molar-refractivity contribution in [3.63, 3.8) is 0 Å². The first-order chi connectivity index (χ1) is 10.3. The second kappa shape index (κ2) is 9.01. The van der Waals surface area contributed by atoms with Crippen molar-refractivity contribution in [1.82, 2.24) is 5.32 Å². The van der Waals surface area contributed by atoms with Crippen LogP contribution < -0.4 is 11.1 Å². The molecule has 0 aromatic heterocycles. The molecule has 0 aromatic carbocycles.